The zero-order chi connectivity index (χ0) is 13.3. The van der Waals surface area contributed by atoms with E-state index in [0.29, 0.717) is 6.04 Å². The third kappa shape index (κ3) is 5.47. The van der Waals surface area contributed by atoms with Crippen molar-refractivity contribution in [3.63, 3.8) is 0 Å². The third-order valence-electron chi connectivity index (χ3n) is 3.41. The molecule has 0 spiro atoms. The second kappa shape index (κ2) is 8.51. The van der Waals surface area contributed by atoms with Gasteiger partial charge in [0.25, 0.3) is 0 Å². The molecule has 0 saturated carbocycles. The Kier molecular flexibility index (Phi) is 6.62. The van der Waals surface area contributed by atoms with Crippen LogP contribution < -0.4 is 5.32 Å². The maximum atomic E-state index is 3.63. The van der Waals surface area contributed by atoms with E-state index in [-0.39, 0.29) is 0 Å². The van der Waals surface area contributed by atoms with Crippen molar-refractivity contribution in [1.29, 1.82) is 0 Å². The second-order valence-electron chi connectivity index (χ2n) is 4.90. The molecule has 2 heterocycles. The Hall–Kier alpha value is -0.640. The maximum absolute atomic E-state index is 3.63. The van der Waals surface area contributed by atoms with Crippen molar-refractivity contribution in [3.8, 4) is 0 Å². The lowest BCUT2D eigenvalue weighted by molar-refractivity contribution is 0.452. The fourth-order valence-electron chi connectivity index (χ4n) is 2.39. The molecule has 1 unspecified atom stereocenters. The first-order chi connectivity index (χ1) is 9.38. The van der Waals surface area contributed by atoms with Gasteiger partial charge in [-0.2, -0.15) is 11.3 Å². The van der Waals surface area contributed by atoms with E-state index in [1.807, 2.05) is 11.3 Å². The second-order valence-corrected chi connectivity index (χ2v) is 6.71. The topological polar surface area (TPSA) is 12.0 Å². The lowest BCUT2D eigenvalue weighted by Crippen LogP contribution is -2.29. The van der Waals surface area contributed by atoms with Gasteiger partial charge in [0.15, 0.2) is 0 Å². The van der Waals surface area contributed by atoms with Gasteiger partial charge in [-0.25, -0.2) is 0 Å². The van der Waals surface area contributed by atoms with Crippen molar-refractivity contribution in [2.45, 2.75) is 45.1 Å². The average Bonchev–Trinajstić information content (AvgIpc) is 3.09. The third-order valence-corrected chi connectivity index (χ3v) is 5.08. The van der Waals surface area contributed by atoms with E-state index in [1.54, 1.807) is 11.3 Å². The Balaban J connectivity index is 1.69. The molecule has 1 atom stereocenters. The predicted octanol–water partition coefficient (Wildman–Crippen LogP) is 4.74. The summed E-state index contributed by atoms with van der Waals surface area (Å²) in [6.45, 7) is 3.28. The molecule has 0 amide bonds. The maximum Gasteiger partial charge on any atom is 0.00702 e. The summed E-state index contributed by atoms with van der Waals surface area (Å²) in [5, 5.41) is 10.3. The van der Waals surface area contributed by atoms with Gasteiger partial charge in [0, 0.05) is 10.9 Å². The highest BCUT2D eigenvalue weighted by Gasteiger charge is 2.08. The first-order valence-corrected chi connectivity index (χ1v) is 8.97. The minimum atomic E-state index is 0.671. The number of hydrogen-bond acceptors (Lipinski definition) is 3. The van der Waals surface area contributed by atoms with E-state index in [9.17, 15) is 0 Å². The molecular formula is C16H23NS2. The smallest absolute Gasteiger partial charge is 0.00702 e. The van der Waals surface area contributed by atoms with Crippen LogP contribution in [0.4, 0.5) is 0 Å². The summed E-state index contributed by atoms with van der Waals surface area (Å²) in [6, 6.07) is 7.32. The van der Waals surface area contributed by atoms with E-state index in [2.05, 4.69) is 46.6 Å². The molecule has 104 valence electrons. The molecule has 0 aliphatic rings. The van der Waals surface area contributed by atoms with Crippen LogP contribution in [0.3, 0.4) is 0 Å². The molecule has 0 aliphatic heterocycles. The zero-order valence-corrected chi connectivity index (χ0v) is 13.2. The average molecular weight is 294 g/mol. The van der Waals surface area contributed by atoms with E-state index in [1.165, 1.54) is 42.5 Å². The predicted molar refractivity (Wildman–Crippen MR) is 87.4 cm³/mol. The number of rotatable bonds is 9. The Morgan fingerprint density at radius 1 is 1.16 bits per heavy atom. The van der Waals surface area contributed by atoms with Crippen LogP contribution in [0.5, 0.6) is 0 Å². The fourth-order valence-corrected chi connectivity index (χ4v) is 3.84. The molecule has 1 nitrogen and oxygen atoms in total. The van der Waals surface area contributed by atoms with E-state index in [4.69, 9.17) is 0 Å². The minimum Gasteiger partial charge on any atom is -0.314 e. The molecule has 1 N–H and O–H groups in total. The normalized spacial score (nSPS) is 12.7. The van der Waals surface area contributed by atoms with Gasteiger partial charge in [-0.05, 0) is 72.5 Å². The number of nitrogens with one attached hydrogen (secondary N) is 1. The summed E-state index contributed by atoms with van der Waals surface area (Å²) in [5.41, 5.74) is 1.49. The Morgan fingerprint density at radius 3 is 2.79 bits per heavy atom. The molecule has 2 rings (SSSR count). The zero-order valence-electron chi connectivity index (χ0n) is 11.6. The molecule has 3 heteroatoms. The molecular weight excluding hydrogens is 270 g/mol. The molecule has 0 bridgehead atoms. The molecule has 0 fully saturated rings. The van der Waals surface area contributed by atoms with Crippen LogP contribution in [0, 0.1) is 0 Å². The van der Waals surface area contributed by atoms with E-state index in [0.717, 1.165) is 6.54 Å². The van der Waals surface area contributed by atoms with Crippen molar-refractivity contribution in [2.24, 2.45) is 0 Å². The SMILES string of the molecule is CCNC(CCCc1cccs1)CCc1ccsc1. The number of thiophene rings is 2. The Morgan fingerprint density at radius 2 is 2.11 bits per heavy atom. The highest BCUT2D eigenvalue weighted by molar-refractivity contribution is 7.09. The van der Waals surface area contributed by atoms with Crippen molar-refractivity contribution in [1.82, 2.24) is 5.32 Å². The lowest BCUT2D eigenvalue weighted by Gasteiger charge is -2.17. The Bertz CT molecular complexity index is 420. The molecule has 0 radical (unpaired) electrons. The van der Waals surface area contributed by atoms with Crippen LogP contribution in [0.15, 0.2) is 34.3 Å². The van der Waals surface area contributed by atoms with Crippen molar-refractivity contribution < 1.29 is 0 Å². The van der Waals surface area contributed by atoms with Gasteiger partial charge in [-0.3, -0.25) is 0 Å². The summed E-state index contributed by atoms with van der Waals surface area (Å²) in [5.74, 6) is 0. The van der Waals surface area contributed by atoms with Crippen molar-refractivity contribution >= 4 is 22.7 Å². The molecule has 19 heavy (non-hydrogen) atoms. The molecule has 2 aromatic rings. The van der Waals surface area contributed by atoms with Gasteiger partial charge in [-0.1, -0.05) is 13.0 Å². The first-order valence-electron chi connectivity index (χ1n) is 7.15. The summed E-state index contributed by atoms with van der Waals surface area (Å²) >= 11 is 3.68. The Labute approximate surface area is 124 Å². The highest BCUT2D eigenvalue weighted by atomic mass is 32.1. The number of hydrogen-bond donors (Lipinski definition) is 1. The fraction of sp³-hybridized carbons (Fsp3) is 0.500. The standard InChI is InChI=1S/C16H23NS2/c1-2-17-15(9-8-14-10-12-18-13-14)5-3-6-16-7-4-11-19-16/h4,7,10-13,15,17H,2-3,5-6,8-9H2,1H3. The van der Waals surface area contributed by atoms with Crippen LogP contribution >= 0.6 is 22.7 Å². The summed E-state index contributed by atoms with van der Waals surface area (Å²) in [7, 11) is 0. The molecule has 0 aromatic carbocycles. The highest BCUT2D eigenvalue weighted by Crippen LogP contribution is 2.15. The molecule has 0 saturated heterocycles. The van der Waals surface area contributed by atoms with Crippen LogP contribution in [-0.2, 0) is 12.8 Å². The van der Waals surface area contributed by atoms with Crippen molar-refractivity contribution in [2.75, 3.05) is 6.54 Å². The van der Waals surface area contributed by atoms with Gasteiger partial charge in [0.1, 0.15) is 0 Å². The van der Waals surface area contributed by atoms with Crippen molar-refractivity contribution in [3.05, 3.63) is 44.8 Å². The monoisotopic (exact) mass is 293 g/mol. The van der Waals surface area contributed by atoms with Crippen LogP contribution in [0.2, 0.25) is 0 Å². The number of aryl methyl sites for hydroxylation is 2. The van der Waals surface area contributed by atoms with Crippen LogP contribution in [-0.4, -0.2) is 12.6 Å². The van der Waals surface area contributed by atoms with Gasteiger partial charge < -0.3 is 5.32 Å². The van der Waals surface area contributed by atoms with Gasteiger partial charge in [0.05, 0.1) is 0 Å². The van der Waals surface area contributed by atoms with E-state index >= 15 is 0 Å². The summed E-state index contributed by atoms with van der Waals surface area (Å²) < 4.78 is 0. The molecule has 0 aliphatic carbocycles. The first kappa shape index (κ1) is 14.8. The molecule has 2 aromatic heterocycles. The lowest BCUT2D eigenvalue weighted by atomic mass is 10.0. The van der Waals surface area contributed by atoms with E-state index < -0.39 is 0 Å². The quantitative estimate of drug-likeness (QED) is 0.704. The summed E-state index contributed by atoms with van der Waals surface area (Å²) in [4.78, 5) is 1.52. The minimum absolute atomic E-state index is 0.671. The van der Waals surface area contributed by atoms with Gasteiger partial charge in [0.2, 0.25) is 0 Å². The largest absolute Gasteiger partial charge is 0.314 e. The summed E-state index contributed by atoms with van der Waals surface area (Å²) in [6.07, 6.45) is 6.28. The van der Waals surface area contributed by atoms with Gasteiger partial charge in [-0.15, -0.1) is 11.3 Å². The van der Waals surface area contributed by atoms with Crippen LogP contribution in [0.1, 0.15) is 36.6 Å². The van der Waals surface area contributed by atoms with Gasteiger partial charge >= 0.3 is 0 Å². The van der Waals surface area contributed by atoms with Crippen LogP contribution in [0.25, 0.3) is 0 Å².